The largest absolute Gasteiger partial charge is 0.507 e. The zero-order valence-electron chi connectivity index (χ0n) is 11.3. The lowest BCUT2D eigenvalue weighted by Gasteiger charge is -2.03. The fourth-order valence-electron chi connectivity index (χ4n) is 2.09. The summed E-state index contributed by atoms with van der Waals surface area (Å²) in [5, 5.41) is 9.56. The molecule has 0 aliphatic heterocycles. The van der Waals surface area contributed by atoms with E-state index in [1.165, 1.54) is 32.1 Å². The normalized spacial score (nSPS) is 10.5. The van der Waals surface area contributed by atoms with Crippen molar-refractivity contribution in [3.63, 3.8) is 0 Å². The summed E-state index contributed by atoms with van der Waals surface area (Å²) < 4.78 is 0. The van der Waals surface area contributed by atoms with Crippen molar-refractivity contribution >= 4 is 5.78 Å². The van der Waals surface area contributed by atoms with E-state index in [4.69, 9.17) is 0 Å². The molecule has 0 spiro atoms. The Kier molecular flexibility index (Phi) is 7.16. The van der Waals surface area contributed by atoms with Gasteiger partial charge < -0.3 is 5.11 Å². The molecule has 0 saturated carbocycles. The van der Waals surface area contributed by atoms with Crippen molar-refractivity contribution in [1.82, 2.24) is 0 Å². The third-order valence-electron chi connectivity index (χ3n) is 3.21. The number of hydrogen-bond acceptors (Lipinski definition) is 2. The zero-order chi connectivity index (χ0) is 13.2. The highest BCUT2D eigenvalue weighted by Crippen LogP contribution is 2.19. The van der Waals surface area contributed by atoms with Gasteiger partial charge in [-0.2, -0.15) is 0 Å². The van der Waals surface area contributed by atoms with E-state index in [0.29, 0.717) is 12.0 Å². The summed E-state index contributed by atoms with van der Waals surface area (Å²) in [7, 11) is 0. The van der Waals surface area contributed by atoms with Gasteiger partial charge in [-0.05, 0) is 18.6 Å². The van der Waals surface area contributed by atoms with Gasteiger partial charge in [-0.15, -0.1) is 0 Å². The average molecular weight is 248 g/mol. The Morgan fingerprint density at radius 1 is 1.00 bits per heavy atom. The van der Waals surface area contributed by atoms with Crippen molar-refractivity contribution in [2.75, 3.05) is 0 Å². The molecule has 2 nitrogen and oxygen atoms in total. The van der Waals surface area contributed by atoms with Crippen LogP contribution in [0, 0.1) is 0 Å². The molecule has 1 aromatic carbocycles. The van der Waals surface area contributed by atoms with Crippen LogP contribution in [0.5, 0.6) is 5.75 Å². The first kappa shape index (κ1) is 14.7. The number of benzene rings is 1. The Morgan fingerprint density at radius 3 is 2.28 bits per heavy atom. The van der Waals surface area contributed by atoms with Crippen LogP contribution in [0.2, 0.25) is 0 Å². The molecule has 0 atom stereocenters. The van der Waals surface area contributed by atoms with Gasteiger partial charge in [-0.1, -0.05) is 57.6 Å². The number of para-hydroxylation sites is 1. The van der Waals surface area contributed by atoms with Gasteiger partial charge in [-0.3, -0.25) is 4.79 Å². The molecule has 1 aromatic rings. The first-order valence-electron chi connectivity index (χ1n) is 7.07. The van der Waals surface area contributed by atoms with Crippen molar-refractivity contribution in [1.29, 1.82) is 0 Å². The molecule has 0 amide bonds. The summed E-state index contributed by atoms with van der Waals surface area (Å²) in [5.41, 5.74) is 0.462. The Balaban J connectivity index is 2.16. The van der Waals surface area contributed by atoms with Gasteiger partial charge in [0.25, 0.3) is 0 Å². The molecule has 1 N–H and O–H groups in total. The predicted octanol–water partition coefficient (Wildman–Crippen LogP) is 4.72. The molecule has 0 radical (unpaired) electrons. The number of unbranched alkanes of at least 4 members (excludes halogenated alkanes) is 6. The quantitative estimate of drug-likeness (QED) is 0.507. The molecular formula is C16H24O2. The van der Waals surface area contributed by atoms with E-state index in [-0.39, 0.29) is 11.5 Å². The Bertz CT molecular complexity index is 358. The van der Waals surface area contributed by atoms with Crippen molar-refractivity contribution in [3.8, 4) is 5.75 Å². The number of rotatable bonds is 9. The van der Waals surface area contributed by atoms with E-state index >= 15 is 0 Å². The lowest BCUT2D eigenvalue weighted by Crippen LogP contribution is -1.99. The highest BCUT2D eigenvalue weighted by Gasteiger charge is 2.09. The number of carbonyl (C=O) groups is 1. The first-order valence-corrected chi connectivity index (χ1v) is 7.07. The summed E-state index contributed by atoms with van der Waals surface area (Å²) in [5.74, 6) is 0.159. The van der Waals surface area contributed by atoms with E-state index in [1.807, 2.05) is 0 Å². The van der Waals surface area contributed by atoms with Gasteiger partial charge in [0.05, 0.1) is 5.56 Å². The molecule has 0 bridgehead atoms. The summed E-state index contributed by atoms with van der Waals surface area (Å²) >= 11 is 0. The fourth-order valence-corrected chi connectivity index (χ4v) is 2.09. The molecule has 18 heavy (non-hydrogen) atoms. The van der Waals surface area contributed by atoms with Crippen LogP contribution in [-0.4, -0.2) is 10.9 Å². The maximum absolute atomic E-state index is 11.8. The first-order chi connectivity index (χ1) is 8.75. The van der Waals surface area contributed by atoms with E-state index in [9.17, 15) is 9.90 Å². The third kappa shape index (κ3) is 5.35. The second kappa shape index (κ2) is 8.73. The second-order valence-corrected chi connectivity index (χ2v) is 4.81. The van der Waals surface area contributed by atoms with E-state index in [1.54, 1.807) is 24.3 Å². The highest BCUT2D eigenvalue weighted by atomic mass is 16.3. The molecule has 100 valence electrons. The summed E-state index contributed by atoms with van der Waals surface area (Å²) in [6.45, 7) is 2.21. The molecule has 1 rings (SSSR count). The third-order valence-corrected chi connectivity index (χ3v) is 3.21. The highest BCUT2D eigenvalue weighted by molar-refractivity contribution is 5.98. The van der Waals surface area contributed by atoms with Crippen LogP contribution < -0.4 is 0 Å². The number of hydrogen-bond donors (Lipinski definition) is 1. The molecule has 2 heteroatoms. The minimum atomic E-state index is 0.0571. The number of carbonyl (C=O) groups excluding carboxylic acids is 1. The lowest BCUT2D eigenvalue weighted by atomic mass is 10.0. The van der Waals surface area contributed by atoms with Gasteiger partial charge in [0.15, 0.2) is 5.78 Å². The molecule has 0 aromatic heterocycles. The number of phenols is 1. The van der Waals surface area contributed by atoms with Crippen LogP contribution in [0.4, 0.5) is 0 Å². The monoisotopic (exact) mass is 248 g/mol. The summed E-state index contributed by atoms with van der Waals surface area (Å²) in [6.07, 6.45) is 8.98. The predicted molar refractivity (Wildman–Crippen MR) is 75.0 cm³/mol. The van der Waals surface area contributed by atoms with Crippen LogP contribution in [-0.2, 0) is 0 Å². The maximum Gasteiger partial charge on any atom is 0.166 e. The summed E-state index contributed by atoms with van der Waals surface area (Å²) in [6, 6.07) is 6.79. The summed E-state index contributed by atoms with van der Waals surface area (Å²) in [4.78, 5) is 11.8. The van der Waals surface area contributed by atoms with Crippen molar-refractivity contribution in [2.24, 2.45) is 0 Å². The smallest absolute Gasteiger partial charge is 0.166 e. The van der Waals surface area contributed by atoms with Gasteiger partial charge in [-0.25, -0.2) is 0 Å². The minimum absolute atomic E-state index is 0.0571. The molecular weight excluding hydrogens is 224 g/mol. The Morgan fingerprint density at radius 2 is 1.61 bits per heavy atom. The van der Waals surface area contributed by atoms with Crippen LogP contribution in [0.25, 0.3) is 0 Å². The van der Waals surface area contributed by atoms with E-state index < -0.39 is 0 Å². The van der Waals surface area contributed by atoms with Crippen molar-refractivity contribution in [3.05, 3.63) is 29.8 Å². The van der Waals surface area contributed by atoms with Crippen LogP contribution in [0.15, 0.2) is 24.3 Å². The Hall–Kier alpha value is -1.31. The van der Waals surface area contributed by atoms with E-state index in [0.717, 1.165) is 12.8 Å². The lowest BCUT2D eigenvalue weighted by molar-refractivity contribution is 0.0976. The van der Waals surface area contributed by atoms with Crippen molar-refractivity contribution in [2.45, 2.75) is 58.3 Å². The fraction of sp³-hybridized carbons (Fsp3) is 0.562. The Labute approximate surface area is 110 Å². The molecule has 0 aliphatic rings. The average Bonchev–Trinajstić information content (AvgIpc) is 2.38. The molecule has 0 unspecified atom stereocenters. The van der Waals surface area contributed by atoms with E-state index in [2.05, 4.69) is 6.92 Å². The van der Waals surface area contributed by atoms with Gasteiger partial charge in [0, 0.05) is 6.42 Å². The SMILES string of the molecule is CCCCCCCCCC(=O)c1ccccc1O. The minimum Gasteiger partial charge on any atom is -0.507 e. The van der Waals surface area contributed by atoms with Gasteiger partial charge in [0.1, 0.15) is 5.75 Å². The van der Waals surface area contributed by atoms with Crippen LogP contribution in [0.1, 0.15) is 68.6 Å². The number of aromatic hydroxyl groups is 1. The number of phenolic OH excluding ortho intramolecular Hbond substituents is 1. The molecule has 0 fully saturated rings. The van der Waals surface area contributed by atoms with Crippen molar-refractivity contribution < 1.29 is 9.90 Å². The molecule has 0 heterocycles. The standard InChI is InChI=1S/C16H24O2/c1-2-3-4-5-6-7-8-12-15(17)14-11-9-10-13-16(14)18/h9-11,13,18H,2-8,12H2,1H3. The van der Waals surface area contributed by atoms with Gasteiger partial charge >= 0.3 is 0 Å². The maximum atomic E-state index is 11.8. The van der Waals surface area contributed by atoms with Gasteiger partial charge in [0.2, 0.25) is 0 Å². The molecule has 0 aliphatic carbocycles. The second-order valence-electron chi connectivity index (χ2n) is 4.81. The van der Waals surface area contributed by atoms with Crippen LogP contribution in [0.3, 0.4) is 0 Å². The molecule has 0 saturated heterocycles. The number of Topliss-reactive ketones (excluding diaryl/α,β-unsaturated/α-hetero) is 1. The topological polar surface area (TPSA) is 37.3 Å². The zero-order valence-corrected chi connectivity index (χ0v) is 11.3. The van der Waals surface area contributed by atoms with Crippen LogP contribution >= 0.6 is 0 Å². The number of ketones is 1.